The highest BCUT2D eigenvalue weighted by Gasteiger charge is 2.25. The van der Waals surface area contributed by atoms with Crippen LogP contribution in [0.2, 0.25) is 0 Å². The standard InChI is InChI=1S/C10H16N2O2/c1-12-5-4-11-10(12)7-8(13)9-3-2-6-14-9/h4-5,8-9,13H,2-3,6-7H2,1H3. The molecule has 1 saturated heterocycles. The number of aromatic nitrogens is 2. The molecule has 2 atom stereocenters. The Bertz CT molecular complexity index is 292. The summed E-state index contributed by atoms with van der Waals surface area (Å²) in [7, 11) is 1.94. The van der Waals surface area contributed by atoms with Gasteiger partial charge in [-0.3, -0.25) is 0 Å². The van der Waals surface area contributed by atoms with Crippen LogP contribution in [0.4, 0.5) is 0 Å². The maximum Gasteiger partial charge on any atom is 0.111 e. The van der Waals surface area contributed by atoms with Crippen LogP contribution < -0.4 is 0 Å². The minimum atomic E-state index is -0.418. The van der Waals surface area contributed by atoms with Crippen LogP contribution in [0.5, 0.6) is 0 Å². The van der Waals surface area contributed by atoms with Crippen molar-refractivity contribution in [3.63, 3.8) is 0 Å². The number of rotatable bonds is 3. The molecule has 1 aromatic rings. The normalized spacial score (nSPS) is 24.0. The van der Waals surface area contributed by atoms with Gasteiger partial charge in [0.15, 0.2) is 0 Å². The van der Waals surface area contributed by atoms with Crippen LogP contribution in [0.15, 0.2) is 12.4 Å². The van der Waals surface area contributed by atoms with Gasteiger partial charge in [-0.05, 0) is 12.8 Å². The molecule has 2 unspecified atom stereocenters. The summed E-state index contributed by atoms with van der Waals surface area (Å²) < 4.78 is 7.35. The van der Waals surface area contributed by atoms with E-state index in [-0.39, 0.29) is 6.10 Å². The number of aliphatic hydroxyl groups excluding tert-OH is 1. The van der Waals surface area contributed by atoms with Crippen LogP contribution in [-0.4, -0.2) is 33.5 Å². The second-order valence-corrected chi connectivity index (χ2v) is 3.78. The van der Waals surface area contributed by atoms with Crippen molar-refractivity contribution in [3.05, 3.63) is 18.2 Å². The first-order chi connectivity index (χ1) is 6.77. The Morgan fingerprint density at radius 3 is 3.21 bits per heavy atom. The van der Waals surface area contributed by atoms with E-state index in [2.05, 4.69) is 4.98 Å². The van der Waals surface area contributed by atoms with Crippen molar-refractivity contribution < 1.29 is 9.84 Å². The van der Waals surface area contributed by atoms with E-state index >= 15 is 0 Å². The molecule has 0 aliphatic carbocycles. The molecule has 0 spiro atoms. The number of hydrogen-bond acceptors (Lipinski definition) is 3. The zero-order valence-electron chi connectivity index (χ0n) is 8.39. The lowest BCUT2D eigenvalue weighted by atomic mass is 10.1. The lowest BCUT2D eigenvalue weighted by molar-refractivity contribution is -0.00196. The fourth-order valence-electron chi connectivity index (χ4n) is 1.82. The summed E-state index contributed by atoms with van der Waals surface area (Å²) in [5, 5.41) is 9.87. The Morgan fingerprint density at radius 1 is 1.79 bits per heavy atom. The molecule has 0 bridgehead atoms. The van der Waals surface area contributed by atoms with Crippen LogP contribution in [0.3, 0.4) is 0 Å². The van der Waals surface area contributed by atoms with Gasteiger partial charge < -0.3 is 14.4 Å². The van der Waals surface area contributed by atoms with Gasteiger partial charge in [-0.25, -0.2) is 4.98 Å². The molecule has 4 nitrogen and oxygen atoms in total. The molecule has 2 heterocycles. The minimum absolute atomic E-state index is 0.00620. The number of hydrogen-bond donors (Lipinski definition) is 1. The fourth-order valence-corrected chi connectivity index (χ4v) is 1.82. The highest BCUT2D eigenvalue weighted by Crippen LogP contribution is 2.17. The van der Waals surface area contributed by atoms with Gasteiger partial charge in [0.1, 0.15) is 5.82 Å². The van der Waals surface area contributed by atoms with Crippen molar-refractivity contribution in [1.29, 1.82) is 0 Å². The molecule has 14 heavy (non-hydrogen) atoms. The minimum Gasteiger partial charge on any atom is -0.390 e. The van der Waals surface area contributed by atoms with Gasteiger partial charge in [0.05, 0.1) is 12.2 Å². The first-order valence-corrected chi connectivity index (χ1v) is 5.03. The predicted molar refractivity (Wildman–Crippen MR) is 51.9 cm³/mol. The largest absolute Gasteiger partial charge is 0.390 e. The summed E-state index contributed by atoms with van der Waals surface area (Å²) in [6.45, 7) is 0.780. The van der Waals surface area contributed by atoms with Crippen LogP contribution in [0.1, 0.15) is 18.7 Å². The molecule has 1 N–H and O–H groups in total. The van der Waals surface area contributed by atoms with E-state index in [0.717, 1.165) is 25.3 Å². The molecule has 1 aliphatic rings. The van der Waals surface area contributed by atoms with Gasteiger partial charge in [-0.15, -0.1) is 0 Å². The average Bonchev–Trinajstić information content (AvgIpc) is 2.77. The van der Waals surface area contributed by atoms with Crippen LogP contribution in [0.25, 0.3) is 0 Å². The average molecular weight is 196 g/mol. The number of nitrogens with zero attached hydrogens (tertiary/aromatic N) is 2. The van der Waals surface area contributed by atoms with Crippen LogP contribution >= 0.6 is 0 Å². The number of ether oxygens (including phenoxy) is 1. The fraction of sp³-hybridized carbons (Fsp3) is 0.700. The van der Waals surface area contributed by atoms with E-state index in [0.29, 0.717) is 6.42 Å². The number of aryl methyl sites for hydroxylation is 1. The molecular weight excluding hydrogens is 180 g/mol. The first kappa shape index (κ1) is 9.68. The summed E-state index contributed by atoms with van der Waals surface area (Å²) in [5.41, 5.74) is 0. The Labute approximate surface area is 83.5 Å². The molecular formula is C10H16N2O2. The predicted octanol–water partition coefficient (Wildman–Crippen LogP) is 0.502. The zero-order valence-corrected chi connectivity index (χ0v) is 8.39. The van der Waals surface area contributed by atoms with E-state index in [1.54, 1.807) is 6.20 Å². The van der Waals surface area contributed by atoms with Crippen molar-refractivity contribution in [2.75, 3.05) is 6.61 Å². The molecule has 0 saturated carbocycles. The summed E-state index contributed by atoms with van der Waals surface area (Å²) in [6, 6.07) is 0. The molecule has 4 heteroatoms. The third-order valence-corrected chi connectivity index (χ3v) is 2.71. The molecule has 0 radical (unpaired) electrons. The molecule has 1 aromatic heterocycles. The lowest BCUT2D eigenvalue weighted by Crippen LogP contribution is -2.28. The Morgan fingerprint density at radius 2 is 2.64 bits per heavy atom. The van der Waals surface area contributed by atoms with Gasteiger partial charge in [0.2, 0.25) is 0 Å². The molecule has 78 valence electrons. The highest BCUT2D eigenvalue weighted by atomic mass is 16.5. The third kappa shape index (κ3) is 1.96. The number of aliphatic hydroxyl groups is 1. The van der Waals surface area contributed by atoms with Gasteiger partial charge in [0.25, 0.3) is 0 Å². The second-order valence-electron chi connectivity index (χ2n) is 3.78. The van der Waals surface area contributed by atoms with Crippen molar-refractivity contribution >= 4 is 0 Å². The summed E-state index contributed by atoms with van der Waals surface area (Å²) in [6.07, 6.45) is 5.82. The van der Waals surface area contributed by atoms with Crippen molar-refractivity contribution in [1.82, 2.24) is 9.55 Å². The molecule has 0 aromatic carbocycles. The van der Waals surface area contributed by atoms with E-state index in [1.165, 1.54) is 0 Å². The maximum atomic E-state index is 9.87. The maximum absolute atomic E-state index is 9.87. The third-order valence-electron chi connectivity index (χ3n) is 2.71. The summed E-state index contributed by atoms with van der Waals surface area (Å²) in [4.78, 5) is 4.17. The van der Waals surface area contributed by atoms with E-state index < -0.39 is 6.10 Å². The van der Waals surface area contributed by atoms with Gasteiger partial charge in [-0.2, -0.15) is 0 Å². The lowest BCUT2D eigenvalue weighted by Gasteiger charge is -2.16. The quantitative estimate of drug-likeness (QED) is 0.766. The summed E-state index contributed by atoms with van der Waals surface area (Å²) >= 11 is 0. The SMILES string of the molecule is Cn1ccnc1CC(O)C1CCCO1. The van der Waals surface area contributed by atoms with E-state index in [4.69, 9.17) is 4.74 Å². The first-order valence-electron chi connectivity index (χ1n) is 5.03. The van der Waals surface area contributed by atoms with Gasteiger partial charge in [0, 0.05) is 32.5 Å². The van der Waals surface area contributed by atoms with Gasteiger partial charge in [-0.1, -0.05) is 0 Å². The Kier molecular flexibility index (Phi) is 2.84. The highest BCUT2D eigenvalue weighted by molar-refractivity contribution is 4.94. The van der Waals surface area contributed by atoms with Crippen LogP contribution in [-0.2, 0) is 18.2 Å². The molecule has 1 fully saturated rings. The van der Waals surface area contributed by atoms with Gasteiger partial charge >= 0.3 is 0 Å². The monoisotopic (exact) mass is 196 g/mol. The zero-order chi connectivity index (χ0) is 9.97. The number of imidazole rings is 1. The molecule has 0 amide bonds. The van der Waals surface area contributed by atoms with Crippen molar-refractivity contribution in [3.8, 4) is 0 Å². The van der Waals surface area contributed by atoms with Crippen molar-refractivity contribution in [2.24, 2.45) is 7.05 Å². The Balaban J connectivity index is 1.93. The molecule has 2 rings (SSSR count). The Hall–Kier alpha value is -0.870. The van der Waals surface area contributed by atoms with Crippen LogP contribution in [0, 0.1) is 0 Å². The second kappa shape index (κ2) is 4.11. The van der Waals surface area contributed by atoms with E-state index in [9.17, 15) is 5.11 Å². The van der Waals surface area contributed by atoms with E-state index in [1.807, 2.05) is 17.8 Å². The topological polar surface area (TPSA) is 47.3 Å². The molecule has 1 aliphatic heterocycles. The summed E-state index contributed by atoms with van der Waals surface area (Å²) in [5.74, 6) is 0.910. The van der Waals surface area contributed by atoms with Crippen molar-refractivity contribution in [2.45, 2.75) is 31.5 Å². The smallest absolute Gasteiger partial charge is 0.111 e.